The summed E-state index contributed by atoms with van der Waals surface area (Å²) in [5, 5.41) is 13.9. The van der Waals surface area contributed by atoms with Gasteiger partial charge in [-0.2, -0.15) is 5.26 Å². The topological polar surface area (TPSA) is 101 Å². The summed E-state index contributed by atoms with van der Waals surface area (Å²) in [5.74, 6) is 0.157. The van der Waals surface area contributed by atoms with Gasteiger partial charge in [0.2, 0.25) is 0 Å². The van der Waals surface area contributed by atoms with Gasteiger partial charge in [0.1, 0.15) is 6.07 Å². The molecule has 0 aliphatic carbocycles. The van der Waals surface area contributed by atoms with Gasteiger partial charge in [0.05, 0.1) is 18.1 Å². The zero-order valence-corrected chi connectivity index (χ0v) is 21.3. The van der Waals surface area contributed by atoms with Gasteiger partial charge in [-0.05, 0) is 24.6 Å². The Kier molecular flexibility index (Phi) is 7.28. The number of piperazine rings is 1. The lowest BCUT2D eigenvalue weighted by Gasteiger charge is -2.32. The molecule has 10 heteroatoms. The van der Waals surface area contributed by atoms with Crippen molar-refractivity contribution in [2.24, 2.45) is 5.41 Å². The Morgan fingerprint density at radius 3 is 2.51 bits per heavy atom. The zero-order chi connectivity index (χ0) is 25.0. The molecule has 1 aromatic carbocycles. The number of amides is 1. The highest BCUT2D eigenvalue weighted by atomic mass is 32.1. The first kappa shape index (κ1) is 24.6. The van der Waals surface area contributed by atoms with Crippen LogP contribution in [0, 0.1) is 16.7 Å². The number of hydrazine groups is 1. The van der Waals surface area contributed by atoms with E-state index < -0.39 is 0 Å². The van der Waals surface area contributed by atoms with Crippen molar-refractivity contribution in [2.45, 2.75) is 20.8 Å². The highest BCUT2D eigenvalue weighted by Crippen LogP contribution is 2.28. The average molecular weight is 491 g/mol. The van der Waals surface area contributed by atoms with E-state index in [4.69, 9.17) is 4.98 Å². The lowest BCUT2D eigenvalue weighted by Crippen LogP contribution is -2.47. The maximum absolute atomic E-state index is 13.1. The molecule has 4 rings (SSSR count). The van der Waals surface area contributed by atoms with Gasteiger partial charge < -0.3 is 9.80 Å². The molecular formula is C25H30N8OS. The third-order valence-electron chi connectivity index (χ3n) is 5.59. The minimum absolute atomic E-state index is 0.131. The van der Waals surface area contributed by atoms with E-state index in [0.29, 0.717) is 17.9 Å². The second kappa shape index (κ2) is 10.4. The summed E-state index contributed by atoms with van der Waals surface area (Å²) in [6, 6.07) is 9.43. The normalized spacial score (nSPS) is 14.4. The molecule has 0 bridgehead atoms. The number of carbonyl (C=O) groups excluding carboxylic acids is 1. The first-order valence-corrected chi connectivity index (χ1v) is 12.4. The summed E-state index contributed by atoms with van der Waals surface area (Å²) in [7, 11) is 2.14. The van der Waals surface area contributed by atoms with E-state index in [1.54, 1.807) is 28.5 Å². The number of carbonyl (C=O) groups is 1. The van der Waals surface area contributed by atoms with Crippen molar-refractivity contribution in [1.29, 1.82) is 5.26 Å². The number of aromatic nitrogens is 3. The smallest absolute Gasteiger partial charge is 0.269 e. The fraction of sp³-hybridized carbons (Fsp3) is 0.400. The van der Waals surface area contributed by atoms with E-state index in [2.05, 4.69) is 58.4 Å². The van der Waals surface area contributed by atoms with Gasteiger partial charge in [0, 0.05) is 49.2 Å². The van der Waals surface area contributed by atoms with Crippen LogP contribution in [0.5, 0.6) is 0 Å². The molecule has 9 nitrogen and oxygen atoms in total. The summed E-state index contributed by atoms with van der Waals surface area (Å²) in [4.78, 5) is 30.9. The molecule has 1 saturated heterocycles. The van der Waals surface area contributed by atoms with Crippen molar-refractivity contribution < 1.29 is 4.79 Å². The molecule has 35 heavy (non-hydrogen) atoms. The van der Waals surface area contributed by atoms with Gasteiger partial charge in [0.15, 0.2) is 16.6 Å². The van der Waals surface area contributed by atoms with Crippen LogP contribution in [-0.4, -0.2) is 65.5 Å². The van der Waals surface area contributed by atoms with Crippen LogP contribution in [0.2, 0.25) is 0 Å². The Balaban J connectivity index is 1.47. The molecule has 0 unspecified atom stereocenters. The summed E-state index contributed by atoms with van der Waals surface area (Å²) >= 11 is 1.65. The minimum Gasteiger partial charge on any atom is -0.346 e. The second-order valence-corrected chi connectivity index (χ2v) is 10.7. The first-order valence-electron chi connectivity index (χ1n) is 11.5. The van der Waals surface area contributed by atoms with Crippen LogP contribution in [0.25, 0.3) is 11.3 Å². The molecule has 182 valence electrons. The third-order valence-corrected chi connectivity index (χ3v) is 6.49. The van der Waals surface area contributed by atoms with Crippen molar-refractivity contribution in [3.63, 3.8) is 0 Å². The molecule has 1 fully saturated rings. The Hall–Kier alpha value is -3.55. The Morgan fingerprint density at radius 2 is 1.86 bits per heavy atom. The number of benzene rings is 1. The van der Waals surface area contributed by atoms with Crippen LogP contribution < -0.4 is 15.3 Å². The number of hydrogen-bond donors (Lipinski definition) is 1. The molecule has 2 aromatic heterocycles. The van der Waals surface area contributed by atoms with Gasteiger partial charge in [0.25, 0.3) is 5.91 Å². The summed E-state index contributed by atoms with van der Waals surface area (Å²) in [6.07, 6.45) is 2.93. The van der Waals surface area contributed by atoms with Crippen LogP contribution in [-0.2, 0) is 0 Å². The molecule has 0 spiro atoms. The summed E-state index contributed by atoms with van der Waals surface area (Å²) in [5.41, 5.74) is 5.39. The van der Waals surface area contributed by atoms with E-state index in [0.717, 1.165) is 42.6 Å². The highest BCUT2D eigenvalue weighted by molar-refractivity contribution is 7.14. The molecule has 0 radical (unpaired) electrons. The minimum atomic E-state index is -0.263. The third kappa shape index (κ3) is 6.32. The summed E-state index contributed by atoms with van der Waals surface area (Å²) in [6.45, 7) is 10.7. The molecule has 0 saturated carbocycles. The largest absolute Gasteiger partial charge is 0.346 e. The monoisotopic (exact) mass is 490 g/mol. The molecular weight excluding hydrogens is 460 g/mol. The van der Waals surface area contributed by atoms with Crippen molar-refractivity contribution >= 4 is 28.2 Å². The molecule has 3 aromatic rings. The second-order valence-electron chi connectivity index (χ2n) is 9.85. The van der Waals surface area contributed by atoms with Crippen LogP contribution in [0.1, 0.15) is 36.8 Å². The lowest BCUT2D eigenvalue weighted by atomic mass is 9.97. The van der Waals surface area contributed by atoms with Gasteiger partial charge in [-0.1, -0.05) is 32.9 Å². The van der Waals surface area contributed by atoms with E-state index in [1.165, 1.54) is 12.4 Å². The number of nitrogens with zero attached hydrogens (tertiary/aromatic N) is 7. The molecule has 1 aliphatic heterocycles. The molecule has 3 heterocycles. The van der Waals surface area contributed by atoms with Gasteiger partial charge in [-0.25, -0.2) is 9.97 Å². The van der Waals surface area contributed by atoms with Crippen molar-refractivity contribution in [3.8, 4) is 17.3 Å². The van der Waals surface area contributed by atoms with E-state index >= 15 is 0 Å². The number of anilines is 2. The maximum atomic E-state index is 13.1. The number of thiazole rings is 1. The Morgan fingerprint density at radius 1 is 1.14 bits per heavy atom. The van der Waals surface area contributed by atoms with Crippen molar-refractivity contribution in [3.05, 3.63) is 53.3 Å². The number of nitrogens with one attached hydrogen (secondary N) is 1. The number of hydrogen-bond acceptors (Lipinski definition) is 9. The van der Waals surface area contributed by atoms with Gasteiger partial charge >= 0.3 is 0 Å². The SMILES string of the molecule is CN1CCN(c2nc(-c3ccc(C(=O)NN(CC(C)(C)C)c4cncc(C#N)n4)cc3)cs2)CC1. The van der Waals surface area contributed by atoms with Crippen molar-refractivity contribution in [1.82, 2.24) is 25.3 Å². The standard InChI is InChI=1S/C25H30N8OS/c1-25(2,3)17-33(22-15-27-14-20(13-26)28-22)30-23(34)19-7-5-18(6-8-19)21-16-35-24(29-21)32-11-9-31(4)10-12-32/h5-8,14-16H,9-12,17H2,1-4H3,(H,30,34). The van der Waals surface area contributed by atoms with E-state index in [1.807, 2.05) is 18.2 Å². The van der Waals surface area contributed by atoms with E-state index in [-0.39, 0.29) is 17.0 Å². The Bertz CT molecular complexity index is 1200. The number of rotatable bonds is 6. The highest BCUT2D eigenvalue weighted by Gasteiger charge is 2.22. The molecule has 0 atom stereocenters. The van der Waals surface area contributed by atoms with Crippen molar-refractivity contribution in [2.75, 3.05) is 49.7 Å². The lowest BCUT2D eigenvalue weighted by molar-refractivity contribution is 0.0945. The fourth-order valence-corrected chi connectivity index (χ4v) is 4.60. The summed E-state index contributed by atoms with van der Waals surface area (Å²) < 4.78 is 0. The van der Waals surface area contributed by atoms with Gasteiger partial charge in [-0.3, -0.25) is 20.2 Å². The maximum Gasteiger partial charge on any atom is 0.269 e. The van der Waals surface area contributed by atoms with E-state index in [9.17, 15) is 10.1 Å². The van der Waals surface area contributed by atoms with Crippen LogP contribution >= 0.6 is 11.3 Å². The molecule has 1 aliphatic rings. The van der Waals surface area contributed by atoms with Crippen LogP contribution in [0.4, 0.5) is 10.9 Å². The first-order chi connectivity index (χ1) is 16.7. The molecule has 1 amide bonds. The zero-order valence-electron chi connectivity index (χ0n) is 20.5. The predicted octanol–water partition coefficient (Wildman–Crippen LogP) is 3.42. The van der Waals surface area contributed by atoms with Gasteiger partial charge in [-0.15, -0.1) is 11.3 Å². The predicted molar refractivity (Wildman–Crippen MR) is 138 cm³/mol. The van der Waals surface area contributed by atoms with Crippen LogP contribution in [0.3, 0.4) is 0 Å². The fourth-order valence-electron chi connectivity index (χ4n) is 3.71. The van der Waals surface area contributed by atoms with Crippen LogP contribution in [0.15, 0.2) is 42.0 Å². The average Bonchev–Trinajstić information content (AvgIpc) is 3.34. The number of nitriles is 1. The molecule has 1 N–H and O–H groups in total. The quantitative estimate of drug-likeness (QED) is 0.525. The number of likely N-dealkylation sites (N-methyl/N-ethyl adjacent to an activating group) is 1. The Labute approximate surface area is 210 Å².